The van der Waals surface area contributed by atoms with Crippen LogP contribution in [0, 0.1) is 42.2 Å². The highest BCUT2D eigenvalue weighted by molar-refractivity contribution is 6.10. The van der Waals surface area contributed by atoms with Gasteiger partial charge in [0, 0.05) is 34.9 Å². The van der Waals surface area contributed by atoms with E-state index in [1.807, 2.05) is 54.8 Å². The highest BCUT2D eigenvalue weighted by atomic mass is 16.6. The minimum atomic E-state index is -0.585. The minimum absolute atomic E-state index is 0.0671. The third kappa shape index (κ3) is 4.52. The number of hydrogen-bond donors (Lipinski definition) is 1. The van der Waals surface area contributed by atoms with E-state index in [1.54, 1.807) is 20.1 Å². The first-order chi connectivity index (χ1) is 15.2. The van der Waals surface area contributed by atoms with Gasteiger partial charge in [-0.15, -0.1) is 0 Å². The van der Waals surface area contributed by atoms with Crippen molar-refractivity contribution >= 4 is 23.4 Å². The Morgan fingerprint density at radius 1 is 1.16 bits per heavy atom. The summed E-state index contributed by atoms with van der Waals surface area (Å²) in [7, 11) is 1.61. The van der Waals surface area contributed by atoms with Crippen LogP contribution in [0.1, 0.15) is 22.5 Å². The fourth-order valence-corrected chi connectivity index (χ4v) is 3.46. The number of ether oxygens (including phenoxy) is 1. The topological polar surface area (TPSA) is 110 Å². The third-order valence-electron chi connectivity index (χ3n) is 5.13. The Morgan fingerprint density at radius 3 is 2.41 bits per heavy atom. The van der Waals surface area contributed by atoms with Gasteiger partial charge in [0.05, 0.1) is 12.0 Å². The normalized spacial score (nSPS) is 11.0. The van der Waals surface area contributed by atoms with Gasteiger partial charge in [-0.05, 0) is 74.4 Å². The number of aromatic nitrogens is 1. The van der Waals surface area contributed by atoms with Gasteiger partial charge in [0.2, 0.25) is 0 Å². The number of nitrogens with zero attached hydrogens (tertiary/aromatic N) is 3. The molecule has 1 amide bonds. The maximum Gasteiger partial charge on any atom is 0.269 e. The van der Waals surface area contributed by atoms with E-state index >= 15 is 0 Å². The Bertz CT molecular complexity index is 1260. The van der Waals surface area contributed by atoms with Gasteiger partial charge < -0.3 is 14.6 Å². The average molecular weight is 430 g/mol. The lowest BCUT2D eigenvalue weighted by Gasteiger charge is -2.10. The van der Waals surface area contributed by atoms with Gasteiger partial charge in [0.1, 0.15) is 17.4 Å². The van der Waals surface area contributed by atoms with Gasteiger partial charge in [-0.1, -0.05) is 0 Å². The van der Waals surface area contributed by atoms with Crippen molar-refractivity contribution in [1.29, 1.82) is 5.26 Å². The molecule has 32 heavy (non-hydrogen) atoms. The molecule has 8 heteroatoms. The van der Waals surface area contributed by atoms with Crippen LogP contribution in [-0.4, -0.2) is 22.5 Å². The summed E-state index contributed by atoms with van der Waals surface area (Å²) < 4.78 is 7.23. The van der Waals surface area contributed by atoms with Gasteiger partial charge in [0.15, 0.2) is 0 Å². The fraction of sp³-hybridized carbons (Fsp3) is 0.167. The van der Waals surface area contributed by atoms with E-state index in [9.17, 15) is 20.2 Å². The molecule has 0 saturated carbocycles. The molecule has 0 unspecified atom stereocenters. The van der Waals surface area contributed by atoms with E-state index in [0.717, 1.165) is 28.4 Å². The summed E-state index contributed by atoms with van der Waals surface area (Å²) in [6, 6.07) is 15.6. The number of anilines is 1. The van der Waals surface area contributed by atoms with Crippen molar-refractivity contribution in [3.63, 3.8) is 0 Å². The number of hydrogen-bond acceptors (Lipinski definition) is 5. The molecule has 1 heterocycles. The van der Waals surface area contributed by atoms with Crippen LogP contribution in [0.2, 0.25) is 0 Å². The molecule has 0 spiro atoms. The van der Waals surface area contributed by atoms with Crippen LogP contribution in [-0.2, 0) is 4.79 Å². The van der Waals surface area contributed by atoms with Gasteiger partial charge in [-0.2, -0.15) is 5.26 Å². The number of carbonyl (C=O) groups is 1. The second-order valence-corrected chi connectivity index (χ2v) is 7.24. The third-order valence-corrected chi connectivity index (χ3v) is 5.13. The summed E-state index contributed by atoms with van der Waals surface area (Å²) in [6.45, 7) is 5.51. The molecule has 3 rings (SSSR count). The maximum absolute atomic E-state index is 12.7. The molecule has 0 aliphatic rings. The smallest absolute Gasteiger partial charge is 0.269 e. The zero-order valence-electron chi connectivity index (χ0n) is 18.2. The lowest BCUT2D eigenvalue weighted by molar-refractivity contribution is -0.384. The predicted octanol–water partition coefficient (Wildman–Crippen LogP) is 4.87. The van der Waals surface area contributed by atoms with E-state index in [0.29, 0.717) is 11.3 Å². The SMILES string of the molecule is COc1ccc(-n2c(C)cc(/C=C(\C#N)C(=O)Nc3ccc([N+](=O)[O-])cc3C)c2C)cc1. The number of nitriles is 1. The molecule has 0 fully saturated rings. The van der Waals surface area contributed by atoms with Crippen LogP contribution in [0.5, 0.6) is 5.75 Å². The van der Waals surface area contributed by atoms with Crippen molar-refractivity contribution in [2.24, 2.45) is 0 Å². The second-order valence-electron chi connectivity index (χ2n) is 7.24. The second kappa shape index (κ2) is 9.18. The molecule has 0 aliphatic heterocycles. The average Bonchev–Trinajstić information content (AvgIpc) is 3.05. The Balaban J connectivity index is 1.90. The first-order valence-corrected chi connectivity index (χ1v) is 9.76. The Labute approximate surface area is 185 Å². The minimum Gasteiger partial charge on any atom is -0.497 e. The molecule has 2 aromatic carbocycles. The number of nitro groups is 1. The molecule has 162 valence electrons. The van der Waals surface area contributed by atoms with Crippen LogP contribution in [0.15, 0.2) is 54.1 Å². The number of nitrogens with one attached hydrogen (secondary N) is 1. The quantitative estimate of drug-likeness (QED) is 0.260. The molecule has 0 bridgehead atoms. The number of nitro benzene ring substituents is 1. The Morgan fingerprint density at radius 2 is 1.84 bits per heavy atom. The first kappa shape index (κ1) is 22.3. The lowest BCUT2D eigenvalue weighted by Crippen LogP contribution is -2.14. The fourth-order valence-electron chi connectivity index (χ4n) is 3.46. The monoisotopic (exact) mass is 430 g/mol. The highest BCUT2D eigenvalue weighted by Gasteiger charge is 2.16. The van der Waals surface area contributed by atoms with Gasteiger partial charge in [-0.3, -0.25) is 14.9 Å². The highest BCUT2D eigenvalue weighted by Crippen LogP contribution is 2.25. The molecular formula is C24H22N4O4. The first-order valence-electron chi connectivity index (χ1n) is 9.76. The van der Waals surface area contributed by atoms with Crippen molar-refractivity contribution < 1.29 is 14.5 Å². The summed E-state index contributed by atoms with van der Waals surface area (Å²) in [5, 5.41) is 23.1. The maximum atomic E-state index is 12.7. The van der Waals surface area contributed by atoms with E-state index in [4.69, 9.17) is 4.74 Å². The molecule has 0 saturated heterocycles. The molecule has 0 radical (unpaired) electrons. The van der Waals surface area contributed by atoms with Crippen molar-refractivity contribution in [1.82, 2.24) is 4.57 Å². The summed E-state index contributed by atoms with van der Waals surface area (Å²) >= 11 is 0. The van der Waals surface area contributed by atoms with Crippen molar-refractivity contribution in [2.45, 2.75) is 20.8 Å². The number of benzene rings is 2. The molecule has 1 N–H and O–H groups in total. The molecule has 1 aromatic heterocycles. The molecule has 8 nitrogen and oxygen atoms in total. The summed E-state index contributed by atoms with van der Waals surface area (Å²) in [6.07, 6.45) is 1.54. The van der Waals surface area contributed by atoms with Gasteiger partial charge in [0.25, 0.3) is 11.6 Å². The van der Waals surface area contributed by atoms with Crippen LogP contribution < -0.4 is 10.1 Å². The Hall–Kier alpha value is -4.38. The lowest BCUT2D eigenvalue weighted by atomic mass is 10.1. The van der Waals surface area contributed by atoms with Crippen LogP contribution >= 0.6 is 0 Å². The van der Waals surface area contributed by atoms with Gasteiger partial charge >= 0.3 is 0 Å². The largest absolute Gasteiger partial charge is 0.497 e. The van der Waals surface area contributed by atoms with Crippen molar-refractivity contribution in [3.05, 3.63) is 86.7 Å². The van der Waals surface area contributed by atoms with Gasteiger partial charge in [-0.25, -0.2) is 0 Å². The molecular weight excluding hydrogens is 408 g/mol. The summed E-state index contributed by atoms with van der Waals surface area (Å²) in [4.78, 5) is 23.1. The van der Waals surface area contributed by atoms with E-state index in [-0.39, 0.29) is 11.3 Å². The van der Waals surface area contributed by atoms with Crippen molar-refractivity contribution in [3.8, 4) is 17.5 Å². The van der Waals surface area contributed by atoms with Crippen LogP contribution in [0.25, 0.3) is 11.8 Å². The van der Waals surface area contributed by atoms with Crippen molar-refractivity contribution in [2.75, 3.05) is 12.4 Å². The molecule has 0 aliphatic carbocycles. The summed E-state index contributed by atoms with van der Waals surface area (Å²) in [5.74, 6) is 0.167. The zero-order chi connectivity index (χ0) is 23.4. The Kier molecular flexibility index (Phi) is 6.40. The standard InChI is InChI=1S/C24H22N4O4/c1-15-11-21(28(30)31)7-10-23(15)26-24(29)19(14-25)13-18-12-16(2)27(17(18)3)20-5-8-22(32-4)9-6-20/h5-13H,1-4H3,(H,26,29)/b19-13+. The molecule has 0 atom stereocenters. The van der Waals surface area contributed by atoms with E-state index < -0.39 is 10.8 Å². The van der Waals surface area contributed by atoms with E-state index in [2.05, 4.69) is 5.32 Å². The number of non-ortho nitro benzene ring substituents is 1. The van der Waals surface area contributed by atoms with E-state index in [1.165, 1.54) is 18.2 Å². The zero-order valence-corrected chi connectivity index (χ0v) is 18.2. The number of aryl methyl sites for hydroxylation is 2. The number of amides is 1. The summed E-state index contributed by atoms with van der Waals surface area (Å²) in [5.41, 5.74) is 4.30. The van der Waals surface area contributed by atoms with Crippen LogP contribution in [0.4, 0.5) is 11.4 Å². The number of carbonyl (C=O) groups excluding carboxylic acids is 1. The molecule has 3 aromatic rings. The number of rotatable bonds is 6. The van der Waals surface area contributed by atoms with Crippen LogP contribution in [0.3, 0.4) is 0 Å². The number of methoxy groups -OCH3 is 1. The predicted molar refractivity (Wildman–Crippen MR) is 122 cm³/mol.